The second-order valence-electron chi connectivity index (χ2n) is 5.64. The fourth-order valence-electron chi connectivity index (χ4n) is 1.59. The predicted octanol–water partition coefficient (Wildman–Crippen LogP) is 2.26. The molecule has 0 atom stereocenters. The van der Waals surface area contributed by atoms with E-state index in [9.17, 15) is 8.42 Å². The van der Waals surface area contributed by atoms with Crippen molar-refractivity contribution in [1.29, 1.82) is 0 Å². The molecular formula is C14H26N2O3S2. The van der Waals surface area contributed by atoms with Crippen molar-refractivity contribution in [3.05, 3.63) is 16.5 Å². The summed E-state index contributed by atoms with van der Waals surface area (Å²) < 4.78 is 32.8. The minimum absolute atomic E-state index is 0.242. The molecule has 5 nitrogen and oxygen atoms in total. The van der Waals surface area contributed by atoms with Crippen molar-refractivity contribution in [1.82, 2.24) is 10.0 Å². The molecule has 1 aromatic heterocycles. The van der Waals surface area contributed by atoms with E-state index < -0.39 is 15.6 Å². The third-order valence-electron chi connectivity index (χ3n) is 3.22. The first-order valence-corrected chi connectivity index (χ1v) is 9.36. The summed E-state index contributed by atoms with van der Waals surface area (Å²) in [5, 5.41) is 3.30. The normalized spacial score (nSPS) is 12.8. The Morgan fingerprint density at radius 1 is 1.38 bits per heavy atom. The molecule has 1 rings (SSSR count). The van der Waals surface area contributed by atoms with E-state index in [1.165, 1.54) is 11.3 Å². The molecule has 0 aliphatic rings. The smallest absolute Gasteiger partial charge is 0.250 e. The second-order valence-corrected chi connectivity index (χ2v) is 8.77. The topological polar surface area (TPSA) is 67.4 Å². The molecule has 0 saturated heterocycles. The molecule has 0 radical (unpaired) electrons. The lowest BCUT2D eigenvalue weighted by Crippen LogP contribution is -2.39. The molecule has 0 spiro atoms. The molecule has 0 bridgehead atoms. The second kappa shape index (κ2) is 7.69. The van der Waals surface area contributed by atoms with E-state index in [0.29, 0.717) is 10.8 Å². The van der Waals surface area contributed by atoms with Gasteiger partial charge in [0.2, 0.25) is 10.0 Å². The van der Waals surface area contributed by atoms with Gasteiger partial charge in [0.15, 0.2) is 0 Å². The predicted molar refractivity (Wildman–Crippen MR) is 87.3 cm³/mol. The summed E-state index contributed by atoms with van der Waals surface area (Å²) in [6.07, 6.45) is 1.06. The van der Waals surface area contributed by atoms with Crippen molar-refractivity contribution in [3.8, 4) is 0 Å². The third kappa shape index (κ3) is 5.67. The van der Waals surface area contributed by atoms with Crippen molar-refractivity contribution in [3.63, 3.8) is 0 Å². The zero-order chi connectivity index (χ0) is 16.1. The number of nitrogens with one attached hydrogen (secondary N) is 2. The monoisotopic (exact) mass is 334 g/mol. The maximum Gasteiger partial charge on any atom is 0.250 e. The van der Waals surface area contributed by atoms with E-state index in [2.05, 4.69) is 17.0 Å². The SMILES string of the molecule is CCCNCc1sc(S(=O)(=O)NCC(C)(C)OC)cc1C. The molecule has 0 fully saturated rings. The van der Waals surface area contributed by atoms with Gasteiger partial charge in [-0.05, 0) is 45.4 Å². The van der Waals surface area contributed by atoms with Crippen LogP contribution in [0.15, 0.2) is 10.3 Å². The molecule has 2 N–H and O–H groups in total. The van der Waals surface area contributed by atoms with E-state index in [-0.39, 0.29) is 6.54 Å². The zero-order valence-electron chi connectivity index (χ0n) is 13.4. The summed E-state index contributed by atoms with van der Waals surface area (Å²) in [6, 6.07) is 1.73. The van der Waals surface area contributed by atoms with Crippen molar-refractivity contribution in [2.24, 2.45) is 0 Å². The lowest BCUT2D eigenvalue weighted by Gasteiger charge is -2.22. The van der Waals surface area contributed by atoms with Gasteiger partial charge >= 0.3 is 0 Å². The summed E-state index contributed by atoms with van der Waals surface area (Å²) >= 11 is 1.32. The van der Waals surface area contributed by atoms with Crippen LogP contribution in [0.3, 0.4) is 0 Å². The van der Waals surface area contributed by atoms with E-state index in [1.807, 2.05) is 20.8 Å². The van der Waals surface area contributed by atoms with Gasteiger partial charge in [-0.15, -0.1) is 11.3 Å². The summed E-state index contributed by atoms with van der Waals surface area (Å²) in [5.74, 6) is 0. The number of hydrogen-bond donors (Lipinski definition) is 2. The number of aryl methyl sites for hydroxylation is 1. The Bertz CT molecular complexity index is 551. The Hall–Kier alpha value is -0.470. The van der Waals surface area contributed by atoms with Gasteiger partial charge in [0.25, 0.3) is 0 Å². The minimum atomic E-state index is -3.48. The van der Waals surface area contributed by atoms with Crippen LogP contribution >= 0.6 is 11.3 Å². The molecule has 0 aliphatic heterocycles. The summed E-state index contributed by atoms with van der Waals surface area (Å²) in [5.41, 5.74) is 0.486. The fourth-order valence-corrected chi connectivity index (χ4v) is 4.39. The van der Waals surface area contributed by atoms with Gasteiger partial charge in [-0.2, -0.15) is 0 Å². The van der Waals surface area contributed by atoms with Crippen LogP contribution in [-0.2, 0) is 21.3 Å². The highest BCUT2D eigenvalue weighted by atomic mass is 32.2. The summed E-state index contributed by atoms with van der Waals surface area (Å²) in [4.78, 5) is 1.06. The van der Waals surface area contributed by atoms with E-state index >= 15 is 0 Å². The van der Waals surface area contributed by atoms with Gasteiger partial charge in [-0.25, -0.2) is 13.1 Å². The molecule has 0 amide bonds. The van der Waals surface area contributed by atoms with Crippen molar-refractivity contribution in [2.75, 3.05) is 20.2 Å². The van der Waals surface area contributed by atoms with Crippen molar-refractivity contribution < 1.29 is 13.2 Å². The van der Waals surface area contributed by atoms with E-state index in [1.54, 1.807) is 13.2 Å². The average Bonchev–Trinajstić information content (AvgIpc) is 2.80. The highest BCUT2D eigenvalue weighted by Crippen LogP contribution is 2.26. The Kier molecular flexibility index (Phi) is 6.80. The quantitative estimate of drug-likeness (QED) is 0.680. The van der Waals surface area contributed by atoms with Crippen LogP contribution in [0.4, 0.5) is 0 Å². The molecule has 0 saturated carbocycles. The maximum absolute atomic E-state index is 12.3. The maximum atomic E-state index is 12.3. The summed E-state index contributed by atoms with van der Waals surface area (Å²) in [6.45, 7) is 9.61. The van der Waals surface area contributed by atoms with Crippen LogP contribution in [0.1, 0.15) is 37.6 Å². The van der Waals surface area contributed by atoms with Gasteiger partial charge in [-0.1, -0.05) is 6.92 Å². The number of methoxy groups -OCH3 is 1. The molecule has 0 aliphatic carbocycles. The lowest BCUT2D eigenvalue weighted by molar-refractivity contribution is 0.0276. The number of hydrogen-bond acceptors (Lipinski definition) is 5. The summed E-state index contributed by atoms with van der Waals surface area (Å²) in [7, 11) is -1.90. The number of ether oxygens (including phenoxy) is 1. The highest BCUT2D eigenvalue weighted by Gasteiger charge is 2.23. The molecular weight excluding hydrogens is 308 g/mol. The van der Waals surface area contributed by atoms with Gasteiger partial charge in [-0.3, -0.25) is 0 Å². The Morgan fingerprint density at radius 2 is 2.05 bits per heavy atom. The largest absolute Gasteiger partial charge is 0.377 e. The molecule has 0 unspecified atom stereocenters. The Balaban J connectivity index is 2.77. The third-order valence-corrected chi connectivity index (χ3v) is 6.33. The molecule has 1 heterocycles. The van der Waals surface area contributed by atoms with E-state index in [0.717, 1.165) is 23.4 Å². The van der Waals surface area contributed by atoms with Crippen LogP contribution in [-0.4, -0.2) is 34.2 Å². The van der Waals surface area contributed by atoms with Crippen LogP contribution in [0.2, 0.25) is 0 Å². The first-order valence-electron chi connectivity index (χ1n) is 7.06. The average molecular weight is 335 g/mol. The van der Waals surface area contributed by atoms with Crippen LogP contribution < -0.4 is 10.0 Å². The highest BCUT2D eigenvalue weighted by molar-refractivity contribution is 7.91. The standard InChI is InChI=1S/C14H26N2O3S2/c1-6-7-15-9-12-11(2)8-13(20-12)21(17,18)16-10-14(3,4)19-5/h8,15-16H,6-7,9-10H2,1-5H3. The van der Waals surface area contributed by atoms with Crippen LogP contribution in [0.25, 0.3) is 0 Å². The lowest BCUT2D eigenvalue weighted by atomic mass is 10.1. The van der Waals surface area contributed by atoms with Crippen LogP contribution in [0.5, 0.6) is 0 Å². The number of thiophene rings is 1. The zero-order valence-corrected chi connectivity index (χ0v) is 15.1. The Morgan fingerprint density at radius 3 is 2.62 bits per heavy atom. The van der Waals surface area contributed by atoms with Gasteiger partial charge in [0.05, 0.1) is 5.60 Å². The first kappa shape index (κ1) is 18.6. The van der Waals surface area contributed by atoms with Crippen molar-refractivity contribution >= 4 is 21.4 Å². The number of sulfonamides is 1. The van der Waals surface area contributed by atoms with Gasteiger partial charge < -0.3 is 10.1 Å². The molecule has 122 valence electrons. The minimum Gasteiger partial charge on any atom is -0.377 e. The number of rotatable bonds is 9. The van der Waals surface area contributed by atoms with Crippen LogP contribution in [0, 0.1) is 6.92 Å². The molecule has 0 aromatic carbocycles. The molecule has 7 heteroatoms. The van der Waals surface area contributed by atoms with E-state index in [4.69, 9.17) is 4.74 Å². The van der Waals surface area contributed by atoms with Gasteiger partial charge in [0.1, 0.15) is 4.21 Å². The fraction of sp³-hybridized carbons (Fsp3) is 0.714. The first-order chi connectivity index (χ1) is 9.72. The Labute approximate surface area is 132 Å². The van der Waals surface area contributed by atoms with Crippen molar-refractivity contribution in [2.45, 2.75) is 50.5 Å². The molecule has 1 aromatic rings. The molecule has 21 heavy (non-hydrogen) atoms. The van der Waals surface area contributed by atoms with Gasteiger partial charge in [0, 0.05) is 25.1 Å².